The zero-order valence-corrected chi connectivity index (χ0v) is 21.4. The molecule has 1 atom stereocenters. The van der Waals surface area contributed by atoms with Gasteiger partial charge < -0.3 is 15.5 Å². The Kier molecular flexibility index (Phi) is 6.69. The van der Waals surface area contributed by atoms with E-state index in [0.717, 1.165) is 16.8 Å². The number of carbonyl (C=O) groups is 2. The molecule has 7 nitrogen and oxygen atoms in total. The van der Waals surface area contributed by atoms with Gasteiger partial charge >= 0.3 is 0 Å². The standard InChI is InChI=1S/C29H32FN5O2/c1-4-29(2,3)28(37)32-19-9-10-25(23(30)17-19)34-13-15-35(16-14-34)26-20-7-5-6-8-21(20)27(36)33-24-11-12-31-18-22(24)26/h5-12,17-18,26H,4,13-16H2,1-3H3,(H,32,37)(H,33,36). The third-order valence-electron chi connectivity index (χ3n) is 7.62. The van der Waals surface area contributed by atoms with Gasteiger partial charge in [-0.25, -0.2) is 4.39 Å². The first-order valence-corrected chi connectivity index (χ1v) is 12.7. The maximum atomic E-state index is 15.1. The van der Waals surface area contributed by atoms with Crippen molar-refractivity contribution in [2.45, 2.75) is 33.2 Å². The number of nitrogens with zero attached hydrogens (tertiary/aromatic N) is 3. The van der Waals surface area contributed by atoms with E-state index < -0.39 is 5.41 Å². The van der Waals surface area contributed by atoms with Gasteiger partial charge in [0.1, 0.15) is 5.82 Å². The van der Waals surface area contributed by atoms with Crippen LogP contribution in [0.5, 0.6) is 0 Å². The summed E-state index contributed by atoms with van der Waals surface area (Å²) in [6.07, 6.45) is 4.20. The van der Waals surface area contributed by atoms with E-state index in [2.05, 4.69) is 20.5 Å². The summed E-state index contributed by atoms with van der Waals surface area (Å²) >= 11 is 0. The molecule has 0 saturated carbocycles. The van der Waals surface area contributed by atoms with Crippen LogP contribution in [0.15, 0.2) is 60.9 Å². The Morgan fingerprint density at radius 3 is 2.59 bits per heavy atom. The molecule has 1 aromatic heterocycles. The topological polar surface area (TPSA) is 77.6 Å². The number of anilines is 3. The van der Waals surface area contributed by atoms with Crippen LogP contribution < -0.4 is 15.5 Å². The number of hydrogen-bond donors (Lipinski definition) is 2. The van der Waals surface area contributed by atoms with Gasteiger partial charge in [-0.05, 0) is 42.3 Å². The lowest BCUT2D eigenvalue weighted by Gasteiger charge is -2.40. The lowest BCUT2D eigenvalue weighted by molar-refractivity contribution is -0.124. The van der Waals surface area contributed by atoms with Crippen molar-refractivity contribution in [3.63, 3.8) is 0 Å². The molecular weight excluding hydrogens is 469 g/mol. The van der Waals surface area contributed by atoms with Crippen molar-refractivity contribution in [3.05, 3.63) is 83.4 Å². The van der Waals surface area contributed by atoms with Gasteiger partial charge in [-0.15, -0.1) is 0 Å². The minimum Gasteiger partial charge on any atom is -0.367 e. The summed E-state index contributed by atoms with van der Waals surface area (Å²) in [5.41, 5.74) is 3.78. The Morgan fingerprint density at radius 2 is 1.86 bits per heavy atom. The molecule has 2 N–H and O–H groups in total. The second-order valence-corrected chi connectivity index (χ2v) is 10.3. The Labute approximate surface area is 216 Å². The molecule has 5 rings (SSSR count). The number of amides is 2. The average Bonchev–Trinajstić information content (AvgIpc) is 3.03. The third kappa shape index (κ3) is 4.81. The molecule has 3 aromatic rings. The number of rotatable bonds is 5. The Balaban J connectivity index is 1.35. The van der Waals surface area contributed by atoms with Gasteiger partial charge in [0, 0.05) is 66.5 Å². The van der Waals surface area contributed by atoms with Crippen LogP contribution in [0.3, 0.4) is 0 Å². The fourth-order valence-electron chi connectivity index (χ4n) is 4.95. The molecule has 37 heavy (non-hydrogen) atoms. The van der Waals surface area contributed by atoms with E-state index in [9.17, 15) is 9.59 Å². The van der Waals surface area contributed by atoms with E-state index in [1.54, 1.807) is 18.3 Å². The maximum absolute atomic E-state index is 15.1. The summed E-state index contributed by atoms with van der Waals surface area (Å²) in [5, 5.41) is 5.86. The molecule has 1 saturated heterocycles. The Morgan fingerprint density at radius 1 is 1.11 bits per heavy atom. The summed E-state index contributed by atoms with van der Waals surface area (Å²) < 4.78 is 15.1. The highest BCUT2D eigenvalue weighted by Crippen LogP contribution is 2.38. The molecule has 2 aromatic carbocycles. The normalized spacial score (nSPS) is 17.9. The third-order valence-corrected chi connectivity index (χ3v) is 7.62. The van der Waals surface area contributed by atoms with Crippen molar-refractivity contribution in [3.8, 4) is 0 Å². The van der Waals surface area contributed by atoms with Gasteiger partial charge in [0.25, 0.3) is 5.91 Å². The number of nitrogens with one attached hydrogen (secondary N) is 2. The van der Waals surface area contributed by atoms with E-state index in [0.29, 0.717) is 49.5 Å². The number of halogens is 1. The molecule has 2 amide bonds. The molecule has 1 unspecified atom stereocenters. The lowest BCUT2D eigenvalue weighted by Crippen LogP contribution is -2.48. The van der Waals surface area contributed by atoms with E-state index in [1.807, 2.05) is 62.2 Å². The number of pyridine rings is 1. The zero-order chi connectivity index (χ0) is 26.2. The van der Waals surface area contributed by atoms with Crippen LogP contribution >= 0.6 is 0 Å². The second kappa shape index (κ2) is 9.94. The van der Waals surface area contributed by atoms with Crippen LogP contribution in [0.2, 0.25) is 0 Å². The zero-order valence-electron chi connectivity index (χ0n) is 21.4. The highest BCUT2D eigenvalue weighted by atomic mass is 19.1. The van der Waals surface area contributed by atoms with Gasteiger partial charge in [-0.1, -0.05) is 39.0 Å². The summed E-state index contributed by atoms with van der Waals surface area (Å²) in [5.74, 6) is -0.604. The van der Waals surface area contributed by atoms with E-state index in [1.165, 1.54) is 6.07 Å². The predicted molar refractivity (Wildman–Crippen MR) is 143 cm³/mol. The number of carbonyl (C=O) groups excluding carboxylic acids is 2. The smallest absolute Gasteiger partial charge is 0.256 e. The molecule has 3 heterocycles. The van der Waals surface area contributed by atoms with Gasteiger partial charge in [-0.3, -0.25) is 19.5 Å². The summed E-state index contributed by atoms with van der Waals surface area (Å²) in [4.78, 5) is 34.1. The minimum absolute atomic E-state index is 0.123. The number of hydrogen-bond acceptors (Lipinski definition) is 5. The number of benzene rings is 2. The molecule has 0 spiro atoms. The highest BCUT2D eigenvalue weighted by Gasteiger charge is 2.34. The van der Waals surface area contributed by atoms with Crippen LogP contribution in [0.25, 0.3) is 0 Å². The molecule has 0 aliphatic carbocycles. The fraction of sp³-hybridized carbons (Fsp3) is 0.345. The fourth-order valence-corrected chi connectivity index (χ4v) is 4.95. The predicted octanol–water partition coefficient (Wildman–Crippen LogP) is 5.07. The molecule has 1 fully saturated rings. The number of fused-ring (bicyclic) bond motifs is 2. The molecule has 2 aliphatic rings. The molecule has 0 radical (unpaired) electrons. The monoisotopic (exact) mass is 501 g/mol. The molecule has 2 aliphatic heterocycles. The van der Waals surface area contributed by atoms with Crippen LogP contribution in [-0.4, -0.2) is 47.9 Å². The van der Waals surface area contributed by atoms with Crippen LogP contribution in [0, 0.1) is 11.2 Å². The first-order valence-electron chi connectivity index (χ1n) is 12.7. The maximum Gasteiger partial charge on any atom is 0.256 e. The molecule has 0 bridgehead atoms. The average molecular weight is 502 g/mol. The molecule has 8 heteroatoms. The van der Waals surface area contributed by atoms with Gasteiger partial charge in [0.05, 0.1) is 11.7 Å². The number of aromatic nitrogens is 1. The van der Waals surface area contributed by atoms with Crippen molar-refractivity contribution < 1.29 is 14.0 Å². The SMILES string of the molecule is CCC(C)(C)C(=O)Nc1ccc(N2CCN(C3c4cnccc4NC(=O)c4ccccc43)CC2)c(F)c1. The summed E-state index contributed by atoms with van der Waals surface area (Å²) in [7, 11) is 0. The van der Waals surface area contributed by atoms with Crippen LogP contribution in [-0.2, 0) is 4.79 Å². The lowest BCUT2D eigenvalue weighted by atomic mass is 9.89. The number of piperazine rings is 1. The van der Waals surface area contributed by atoms with Gasteiger partial charge in [0.2, 0.25) is 5.91 Å². The van der Waals surface area contributed by atoms with E-state index in [-0.39, 0.29) is 23.7 Å². The Bertz CT molecular complexity index is 1330. The van der Waals surface area contributed by atoms with Gasteiger partial charge in [0.15, 0.2) is 0 Å². The van der Waals surface area contributed by atoms with Crippen molar-refractivity contribution in [2.75, 3.05) is 41.7 Å². The quantitative estimate of drug-likeness (QED) is 0.510. The largest absolute Gasteiger partial charge is 0.367 e. The summed E-state index contributed by atoms with van der Waals surface area (Å²) in [6.45, 7) is 8.33. The Hall–Kier alpha value is -3.78. The van der Waals surface area contributed by atoms with E-state index >= 15 is 4.39 Å². The molecule has 192 valence electrons. The van der Waals surface area contributed by atoms with Crippen LogP contribution in [0.4, 0.5) is 21.5 Å². The highest BCUT2D eigenvalue weighted by molar-refractivity contribution is 6.07. The van der Waals surface area contributed by atoms with Gasteiger partial charge in [-0.2, -0.15) is 0 Å². The van der Waals surface area contributed by atoms with Crippen molar-refractivity contribution in [1.29, 1.82) is 0 Å². The summed E-state index contributed by atoms with van der Waals surface area (Å²) in [6, 6.07) is 14.3. The minimum atomic E-state index is -0.517. The van der Waals surface area contributed by atoms with Crippen molar-refractivity contribution >= 4 is 28.9 Å². The van der Waals surface area contributed by atoms with Crippen LogP contribution in [0.1, 0.15) is 54.7 Å². The molecular formula is C29H32FN5O2. The van der Waals surface area contributed by atoms with Crippen molar-refractivity contribution in [2.24, 2.45) is 5.41 Å². The first-order chi connectivity index (χ1) is 17.8. The second-order valence-electron chi connectivity index (χ2n) is 10.3. The van der Waals surface area contributed by atoms with Crippen molar-refractivity contribution in [1.82, 2.24) is 9.88 Å². The van der Waals surface area contributed by atoms with E-state index in [4.69, 9.17) is 0 Å². The first kappa shape index (κ1) is 24.9.